The lowest BCUT2D eigenvalue weighted by molar-refractivity contribution is -0.146. The highest BCUT2D eigenvalue weighted by atomic mass is 32.2. The predicted octanol–water partition coefficient (Wildman–Crippen LogP) is 2.00. The Bertz CT molecular complexity index is 676. The molecule has 0 bridgehead atoms. The lowest BCUT2D eigenvalue weighted by Crippen LogP contribution is -2.29. The number of anilines is 1. The van der Waals surface area contributed by atoms with E-state index in [1.54, 1.807) is 11.8 Å². The van der Waals surface area contributed by atoms with Crippen LogP contribution in [0.1, 0.15) is 31.7 Å². The Morgan fingerprint density at radius 1 is 1.52 bits per heavy atom. The van der Waals surface area contributed by atoms with E-state index in [-0.39, 0.29) is 17.4 Å². The van der Waals surface area contributed by atoms with Crippen LogP contribution in [0.25, 0.3) is 0 Å². The van der Waals surface area contributed by atoms with Crippen LogP contribution in [0, 0.1) is 0 Å². The molecule has 0 aromatic heterocycles. The van der Waals surface area contributed by atoms with Crippen LogP contribution < -0.4 is 11.1 Å². The molecule has 2 aliphatic heterocycles. The Kier molecular flexibility index (Phi) is 4.30. The number of esters is 1. The van der Waals surface area contributed by atoms with Gasteiger partial charge >= 0.3 is 5.97 Å². The molecule has 2 aliphatic rings. The number of nitrogens with one attached hydrogen (secondary N) is 1. The number of rotatable bonds is 3. The summed E-state index contributed by atoms with van der Waals surface area (Å²) in [5, 5.41) is 3.40. The minimum atomic E-state index is -0.693. The molecule has 0 radical (unpaired) electrons. The zero-order valence-corrected chi connectivity index (χ0v) is 13.7. The molecule has 1 aromatic rings. The number of amides is 1. The van der Waals surface area contributed by atoms with E-state index < -0.39 is 6.10 Å². The summed E-state index contributed by atoms with van der Waals surface area (Å²) >= 11 is 1.56. The Labute approximate surface area is 138 Å². The first-order chi connectivity index (χ1) is 11.0. The van der Waals surface area contributed by atoms with Crippen molar-refractivity contribution in [2.24, 2.45) is 10.7 Å². The van der Waals surface area contributed by atoms with Crippen LogP contribution in [-0.2, 0) is 19.9 Å². The smallest absolute Gasteiger partial charge is 0.306 e. The predicted molar refractivity (Wildman–Crippen MR) is 90.2 cm³/mol. The van der Waals surface area contributed by atoms with Gasteiger partial charge < -0.3 is 15.8 Å². The molecule has 2 heterocycles. The number of aliphatic imine (C=N–C) groups is 1. The first-order valence-corrected chi connectivity index (χ1v) is 8.54. The maximum atomic E-state index is 12.1. The van der Waals surface area contributed by atoms with Gasteiger partial charge in [-0.25, -0.2) is 0 Å². The fraction of sp³-hybridized carbons (Fsp3) is 0.438. The summed E-state index contributed by atoms with van der Waals surface area (Å²) < 4.78 is 4.98. The number of hydrogen-bond donors (Lipinski definition) is 2. The van der Waals surface area contributed by atoms with Crippen molar-refractivity contribution in [2.45, 2.75) is 37.8 Å². The molecular weight excluding hydrogens is 314 g/mol. The van der Waals surface area contributed by atoms with Crippen molar-refractivity contribution in [3.05, 3.63) is 29.8 Å². The molecule has 1 amide bonds. The van der Waals surface area contributed by atoms with Gasteiger partial charge in [-0.15, -0.1) is 0 Å². The van der Waals surface area contributed by atoms with Crippen molar-refractivity contribution >= 4 is 34.5 Å². The number of nitrogens with two attached hydrogens (primary N) is 1. The second-order valence-electron chi connectivity index (χ2n) is 5.91. The van der Waals surface area contributed by atoms with E-state index in [0.29, 0.717) is 23.7 Å². The molecule has 1 aromatic carbocycles. The van der Waals surface area contributed by atoms with Crippen molar-refractivity contribution < 1.29 is 14.3 Å². The average Bonchev–Trinajstić information content (AvgIpc) is 2.94. The monoisotopic (exact) mass is 333 g/mol. The van der Waals surface area contributed by atoms with E-state index in [1.165, 1.54) is 0 Å². The van der Waals surface area contributed by atoms with Crippen molar-refractivity contribution in [2.75, 3.05) is 11.1 Å². The van der Waals surface area contributed by atoms with Crippen molar-refractivity contribution in [1.29, 1.82) is 0 Å². The van der Waals surface area contributed by atoms with Gasteiger partial charge in [0.1, 0.15) is 0 Å². The van der Waals surface area contributed by atoms with Gasteiger partial charge in [0.15, 0.2) is 11.3 Å². The van der Waals surface area contributed by atoms with Crippen LogP contribution in [-0.4, -0.2) is 28.9 Å². The fourth-order valence-electron chi connectivity index (χ4n) is 2.76. The van der Waals surface area contributed by atoms with Gasteiger partial charge in [-0.2, -0.15) is 0 Å². The van der Waals surface area contributed by atoms with E-state index in [0.717, 1.165) is 17.7 Å². The minimum Gasteiger partial charge on any atom is -0.452 e. The molecule has 2 atom stereocenters. The fourth-order valence-corrected chi connectivity index (χ4v) is 3.73. The Morgan fingerprint density at radius 2 is 2.35 bits per heavy atom. The molecule has 1 fully saturated rings. The van der Waals surface area contributed by atoms with Crippen LogP contribution in [0.3, 0.4) is 0 Å². The second-order valence-corrected chi connectivity index (χ2v) is 7.02. The Morgan fingerprint density at radius 3 is 3.04 bits per heavy atom. The van der Waals surface area contributed by atoms with E-state index in [2.05, 4.69) is 10.3 Å². The molecule has 0 unspecified atom stereocenters. The van der Waals surface area contributed by atoms with Gasteiger partial charge in [-0.1, -0.05) is 23.9 Å². The standard InChI is InChI=1S/C16H19N3O3S/c1-16(7-8-23-15(17)19-16)10-3-2-4-11(9-10)18-14(21)12-5-6-13(20)22-12/h2-4,9,12H,5-8H2,1H3,(H2,17,19)(H,18,21)/t12-,16+/m1/s1. The molecule has 3 rings (SSSR count). The third kappa shape index (κ3) is 3.50. The Hall–Kier alpha value is -2.02. The lowest BCUT2D eigenvalue weighted by Gasteiger charge is -2.30. The molecule has 0 saturated carbocycles. The molecule has 1 saturated heterocycles. The number of thioether (sulfide) groups is 1. The van der Waals surface area contributed by atoms with Gasteiger partial charge in [-0.05, 0) is 31.0 Å². The van der Waals surface area contributed by atoms with Gasteiger partial charge in [-0.3, -0.25) is 14.6 Å². The summed E-state index contributed by atoms with van der Waals surface area (Å²) in [5.74, 6) is 0.303. The summed E-state index contributed by atoms with van der Waals surface area (Å²) in [5.41, 5.74) is 7.15. The highest BCUT2D eigenvalue weighted by molar-refractivity contribution is 8.13. The number of carbonyl (C=O) groups is 2. The van der Waals surface area contributed by atoms with Crippen LogP contribution in [0.15, 0.2) is 29.3 Å². The van der Waals surface area contributed by atoms with Crippen molar-refractivity contribution in [1.82, 2.24) is 0 Å². The number of hydrogen-bond acceptors (Lipinski definition) is 6. The van der Waals surface area contributed by atoms with E-state index in [4.69, 9.17) is 10.5 Å². The van der Waals surface area contributed by atoms with E-state index >= 15 is 0 Å². The molecule has 122 valence electrons. The number of carbonyl (C=O) groups excluding carboxylic acids is 2. The summed E-state index contributed by atoms with van der Waals surface area (Å²) in [4.78, 5) is 27.8. The molecule has 0 spiro atoms. The molecular formula is C16H19N3O3S. The Balaban J connectivity index is 1.76. The molecule has 7 heteroatoms. The number of amidine groups is 1. The van der Waals surface area contributed by atoms with Gasteiger partial charge in [0.2, 0.25) is 0 Å². The first kappa shape index (κ1) is 15.9. The summed E-state index contributed by atoms with van der Waals surface area (Å²) in [6.07, 6.45) is 0.916. The first-order valence-electron chi connectivity index (χ1n) is 7.55. The van der Waals surface area contributed by atoms with Gasteiger partial charge in [0.05, 0.1) is 5.54 Å². The zero-order valence-electron chi connectivity index (χ0n) is 12.9. The number of cyclic esters (lactones) is 1. The average molecular weight is 333 g/mol. The number of ether oxygens (including phenoxy) is 1. The van der Waals surface area contributed by atoms with E-state index in [1.807, 2.05) is 31.2 Å². The molecule has 6 nitrogen and oxygen atoms in total. The molecule has 0 aliphatic carbocycles. The van der Waals surface area contributed by atoms with Crippen LogP contribution >= 0.6 is 11.8 Å². The van der Waals surface area contributed by atoms with Crippen molar-refractivity contribution in [3.63, 3.8) is 0 Å². The van der Waals surface area contributed by atoms with Gasteiger partial charge in [0, 0.05) is 24.3 Å². The summed E-state index contributed by atoms with van der Waals surface area (Å²) in [7, 11) is 0. The highest BCUT2D eigenvalue weighted by Crippen LogP contribution is 2.35. The number of benzene rings is 1. The minimum absolute atomic E-state index is 0.291. The normalized spacial score (nSPS) is 27.3. The third-order valence-electron chi connectivity index (χ3n) is 4.12. The quantitative estimate of drug-likeness (QED) is 0.825. The largest absolute Gasteiger partial charge is 0.452 e. The van der Waals surface area contributed by atoms with E-state index in [9.17, 15) is 9.59 Å². The van der Waals surface area contributed by atoms with Crippen LogP contribution in [0.4, 0.5) is 5.69 Å². The summed E-state index contributed by atoms with van der Waals surface area (Å²) in [6, 6.07) is 7.58. The SMILES string of the molecule is C[C@@]1(c2cccc(NC(=O)[C@H]3CCC(=O)O3)c2)CCSC(N)=N1. The van der Waals surface area contributed by atoms with Crippen LogP contribution in [0.5, 0.6) is 0 Å². The van der Waals surface area contributed by atoms with Crippen molar-refractivity contribution in [3.8, 4) is 0 Å². The topological polar surface area (TPSA) is 93.8 Å². The highest BCUT2D eigenvalue weighted by Gasteiger charge is 2.31. The maximum Gasteiger partial charge on any atom is 0.306 e. The second kappa shape index (κ2) is 6.23. The maximum absolute atomic E-state index is 12.1. The lowest BCUT2D eigenvalue weighted by atomic mass is 9.89. The molecule has 3 N–H and O–H groups in total. The third-order valence-corrected chi connectivity index (χ3v) is 4.92. The number of nitrogens with zero attached hydrogens (tertiary/aromatic N) is 1. The van der Waals surface area contributed by atoms with Gasteiger partial charge in [0.25, 0.3) is 5.91 Å². The molecule has 23 heavy (non-hydrogen) atoms. The zero-order chi connectivity index (χ0) is 16.4. The summed E-state index contributed by atoms with van der Waals surface area (Å²) in [6.45, 7) is 2.04. The van der Waals surface area contributed by atoms with Crippen LogP contribution in [0.2, 0.25) is 0 Å².